The summed E-state index contributed by atoms with van der Waals surface area (Å²) >= 11 is 0. The Morgan fingerprint density at radius 1 is 1.00 bits per heavy atom. The van der Waals surface area contributed by atoms with E-state index in [0.29, 0.717) is 18.8 Å². The number of amides is 1. The van der Waals surface area contributed by atoms with Crippen LogP contribution in [0.5, 0.6) is 0 Å². The maximum absolute atomic E-state index is 12.6. The summed E-state index contributed by atoms with van der Waals surface area (Å²) in [6.45, 7) is 1.00. The molecule has 0 unspecified atom stereocenters. The van der Waals surface area contributed by atoms with Crippen LogP contribution in [0.1, 0.15) is 21.6 Å². The van der Waals surface area contributed by atoms with Gasteiger partial charge in [-0.25, -0.2) is 0 Å². The second kappa shape index (κ2) is 8.17. The van der Waals surface area contributed by atoms with E-state index in [-0.39, 0.29) is 5.91 Å². The molecule has 0 spiro atoms. The lowest BCUT2D eigenvalue weighted by Gasteiger charge is -2.10. The van der Waals surface area contributed by atoms with Gasteiger partial charge in [0.15, 0.2) is 0 Å². The molecule has 0 fully saturated rings. The van der Waals surface area contributed by atoms with Crippen LogP contribution in [0, 0.1) is 0 Å². The summed E-state index contributed by atoms with van der Waals surface area (Å²) < 4.78 is 0. The fourth-order valence-corrected chi connectivity index (χ4v) is 2.64. The fraction of sp³-hybridized carbons (Fsp3) is 0.150. The Hall–Kier alpha value is -3.05. The highest BCUT2D eigenvalue weighted by Gasteiger charge is 2.14. The fourth-order valence-electron chi connectivity index (χ4n) is 2.64. The van der Waals surface area contributed by atoms with E-state index in [1.54, 1.807) is 18.6 Å². The number of hydrogen-bond acceptors (Lipinski definition) is 4. The molecule has 3 aromatic rings. The van der Waals surface area contributed by atoms with Gasteiger partial charge in [-0.05, 0) is 47.4 Å². The van der Waals surface area contributed by atoms with Gasteiger partial charge in [0.25, 0.3) is 5.91 Å². The predicted octanol–water partition coefficient (Wildman–Crippen LogP) is 2.57. The zero-order chi connectivity index (χ0) is 17.5. The summed E-state index contributed by atoms with van der Waals surface area (Å²) in [6, 6.07) is 15.5. The summed E-state index contributed by atoms with van der Waals surface area (Å²) in [5, 5.41) is 2.94. The van der Waals surface area contributed by atoms with Gasteiger partial charge in [-0.3, -0.25) is 14.8 Å². The number of carbonyl (C=O) groups excluding carboxylic acids is 1. The molecular weight excluding hydrogens is 312 g/mol. The topological polar surface area (TPSA) is 80.9 Å². The van der Waals surface area contributed by atoms with Crippen LogP contribution in [-0.4, -0.2) is 22.4 Å². The number of nitrogens with two attached hydrogens (primary N) is 1. The van der Waals surface area contributed by atoms with E-state index in [4.69, 9.17) is 5.73 Å². The molecule has 0 saturated heterocycles. The molecule has 1 aromatic carbocycles. The Bertz CT molecular complexity index is 849. The number of benzene rings is 1. The van der Waals surface area contributed by atoms with Crippen LogP contribution in [-0.2, 0) is 13.0 Å². The van der Waals surface area contributed by atoms with Crippen molar-refractivity contribution >= 4 is 5.91 Å². The maximum atomic E-state index is 12.6. The number of hydrogen-bond donors (Lipinski definition) is 2. The third kappa shape index (κ3) is 4.28. The highest BCUT2D eigenvalue weighted by Crippen LogP contribution is 2.23. The zero-order valence-electron chi connectivity index (χ0n) is 13.9. The molecule has 5 nitrogen and oxygen atoms in total. The first-order valence-electron chi connectivity index (χ1n) is 8.19. The quantitative estimate of drug-likeness (QED) is 0.727. The van der Waals surface area contributed by atoms with Crippen LogP contribution in [0.15, 0.2) is 67.1 Å². The highest BCUT2D eigenvalue weighted by atomic mass is 16.1. The van der Waals surface area contributed by atoms with E-state index < -0.39 is 0 Å². The van der Waals surface area contributed by atoms with Crippen LogP contribution in [0.3, 0.4) is 0 Å². The van der Waals surface area contributed by atoms with Crippen molar-refractivity contribution in [3.05, 3.63) is 83.9 Å². The largest absolute Gasteiger partial charge is 0.350 e. The van der Waals surface area contributed by atoms with Gasteiger partial charge < -0.3 is 11.1 Å². The maximum Gasteiger partial charge on any atom is 0.270 e. The molecule has 0 saturated carbocycles. The highest BCUT2D eigenvalue weighted by molar-refractivity contribution is 5.98. The molecule has 3 N–H and O–H groups in total. The average Bonchev–Trinajstić information content (AvgIpc) is 2.69. The molecule has 5 heteroatoms. The molecule has 0 bridgehead atoms. The van der Waals surface area contributed by atoms with Crippen molar-refractivity contribution in [3.8, 4) is 11.1 Å². The molecular formula is C20H20N4O. The molecule has 3 rings (SSSR count). The van der Waals surface area contributed by atoms with Crippen LogP contribution in [0.2, 0.25) is 0 Å². The minimum Gasteiger partial charge on any atom is -0.350 e. The third-order valence-electron chi connectivity index (χ3n) is 3.95. The second-order valence-corrected chi connectivity index (χ2v) is 5.67. The van der Waals surface area contributed by atoms with Gasteiger partial charge in [0, 0.05) is 37.2 Å². The average molecular weight is 332 g/mol. The van der Waals surface area contributed by atoms with E-state index in [1.807, 2.05) is 48.5 Å². The standard InChI is InChI=1S/C20H20N4O/c21-14-16-3-1-4-17(13-16)18-5-2-9-23-19(18)20(25)24-12-8-15-6-10-22-11-7-15/h1-7,9-11,13H,8,12,14,21H2,(H,24,25). The minimum absolute atomic E-state index is 0.178. The zero-order valence-corrected chi connectivity index (χ0v) is 13.9. The van der Waals surface area contributed by atoms with Crippen LogP contribution in [0.4, 0.5) is 0 Å². The Morgan fingerprint density at radius 2 is 1.84 bits per heavy atom. The monoisotopic (exact) mass is 332 g/mol. The SMILES string of the molecule is NCc1cccc(-c2cccnc2C(=O)NCCc2ccncc2)c1. The van der Waals surface area contributed by atoms with Crippen molar-refractivity contribution in [2.75, 3.05) is 6.54 Å². The van der Waals surface area contributed by atoms with E-state index in [2.05, 4.69) is 15.3 Å². The van der Waals surface area contributed by atoms with Gasteiger partial charge in [0.2, 0.25) is 0 Å². The molecule has 1 amide bonds. The smallest absolute Gasteiger partial charge is 0.270 e. The van der Waals surface area contributed by atoms with Gasteiger partial charge in [0.05, 0.1) is 0 Å². The van der Waals surface area contributed by atoms with Gasteiger partial charge in [-0.1, -0.05) is 24.3 Å². The first-order valence-corrected chi connectivity index (χ1v) is 8.19. The Balaban J connectivity index is 1.74. The molecule has 0 radical (unpaired) electrons. The molecule has 0 aliphatic carbocycles. The van der Waals surface area contributed by atoms with Gasteiger partial charge >= 0.3 is 0 Å². The normalized spacial score (nSPS) is 10.4. The first-order chi connectivity index (χ1) is 12.3. The summed E-state index contributed by atoms with van der Waals surface area (Å²) in [6.07, 6.45) is 5.88. The lowest BCUT2D eigenvalue weighted by molar-refractivity contribution is 0.0950. The number of rotatable bonds is 6. The number of nitrogens with one attached hydrogen (secondary N) is 1. The molecule has 0 aliphatic rings. The third-order valence-corrected chi connectivity index (χ3v) is 3.95. The van der Waals surface area contributed by atoms with Crippen molar-refractivity contribution in [3.63, 3.8) is 0 Å². The van der Waals surface area contributed by atoms with Gasteiger partial charge in [0.1, 0.15) is 5.69 Å². The van der Waals surface area contributed by atoms with Crippen LogP contribution in [0.25, 0.3) is 11.1 Å². The molecule has 0 atom stereocenters. The summed E-state index contributed by atoms with van der Waals surface area (Å²) in [4.78, 5) is 20.8. The van der Waals surface area contributed by atoms with Crippen molar-refractivity contribution in [1.82, 2.24) is 15.3 Å². The van der Waals surface area contributed by atoms with Crippen molar-refractivity contribution in [2.45, 2.75) is 13.0 Å². The molecule has 2 heterocycles. The van der Waals surface area contributed by atoms with E-state index in [1.165, 1.54) is 0 Å². The Labute approximate surface area is 146 Å². The number of nitrogens with zero attached hydrogens (tertiary/aromatic N) is 2. The summed E-state index contributed by atoms with van der Waals surface area (Å²) in [7, 11) is 0. The van der Waals surface area contributed by atoms with E-state index in [0.717, 1.165) is 28.7 Å². The van der Waals surface area contributed by atoms with Gasteiger partial charge in [-0.2, -0.15) is 0 Å². The Kier molecular flexibility index (Phi) is 5.49. The predicted molar refractivity (Wildman–Crippen MR) is 97.8 cm³/mol. The molecule has 126 valence electrons. The van der Waals surface area contributed by atoms with Crippen LogP contribution < -0.4 is 11.1 Å². The lowest BCUT2D eigenvalue weighted by atomic mass is 10.0. The first kappa shape index (κ1) is 16.8. The number of aromatic nitrogens is 2. The lowest BCUT2D eigenvalue weighted by Crippen LogP contribution is -2.27. The number of carbonyl (C=O) groups is 1. The van der Waals surface area contributed by atoms with Gasteiger partial charge in [-0.15, -0.1) is 0 Å². The summed E-state index contributed by atoms with van der Waals surface area (Å²) in [5.74, 6) is -0.178. The van der Waals surface area contributed by atoms with Crippen molar-refractivity contribution in [2.24, 2.45) is 5.73 Å². The van der Waals surface area contributed by atoms with E-state index in [9.17, 15) is 4.79 Å². The summed E-state index contributed by atoms with van der Waals surface area (Å²) in [5.41, 5.74) is 10.0. The molecule has 25 heavy (non-hydrogen) atoms. The Morgan fingerprint density at radius 3 is 2.64 bits per heavy atom. The van der Waals surface area contributed by atoms with Crippen molar-refractivity contribution in [1.29, 1.82) is 0 Å². The van der Waals surface area contributed by atoms with Crippen LogP contribution >= 0.6 is 0 Å². The molecule has 2 aromatic heterocycles. The second-order valence-electron chi connectivity index (χ2n) is 5.67. The number of pyridine rings is 2. The molecule has 0 aliphatic heterocycles. The van der Waals surface area contributed by atoms with E-state index >= 15 is 0 Å². The minimum atomic E-state index is -0.178. The van der Waals surface area contributed by atoms with Crippen molar-refractivity contribution < 1.29 is 4.79 Å².